The SMILES string of the molecule is CCc1[nH]ccc1Nc1cccc(Br)c1. The van der Waals surface area contributed by atoms with Gasteiger partial charge < -0.3 is 10.3 Å². The normalized spacial score (nSPS) is 10.3. The third kappa shape index (κ3) is 2.42. The van der Waals surface area contributed by atoms with Gasteiger partial charge in [0, 0.05) is 22.1 Å². The predicted molar refractivity (Wildman–Crippen MR) is 67.6 cm³/mol. The Balaban J connectivity index is 2.22. The van der Waals surface area contributed by atoms with Crippen molar-refractivity contribution in [1.82, 2.24) is 4.98 Å². The summed E-state index contributed by atoms with van der Waals surface area (Å²) >= 11 is 3.45. The summed E-state index contributed by atoms with van der Waals surface area (Å²) in [5.41, 5.74) is 3.48. The van der Waals surface area contributed by atoms with E-state index in [4.69, 9.17) is 0 Å². The molecule has 0 aliphatic rings. The molecule has 2 nitrogen and oxygen atoms in total. The predicted octanol–water partition coefficient (Wildman–Crippen LogP) is 4.08. The zero-order valence-electron chi connectivity index (χ0n) is 8.55. The van der Waals surface area contributed by atoms with Gasteiger partial charge in [-0.25, -0.2) is 0 Å². The van der Waals surface area contributed by atoms with E-state index in [1.54, 1.807) is 0 Å². The number of halogens is 1. The molecule has 0 saturated carbocycles. The summed E-state index contributed by atoms with van der Waals surface area (Å²) < 4.78 is 1.08. The lowest BCUT2D eigenvalue weighted by Gasteiger charge is -2.06. The van der Waals surface area contributed by atoms with Crippen LogP contribution in [0.2, 0.25) is 0 Å². The molecule has 0 aliphatic heterocycles. The first-order chi connectivity index (χ1) is 7.29. The van der Waals surface area contributed by atoms with Gasteiger partial charge in [-0.1, -0.05) is 28.9 Å². The highest BCUT2D eigenvalue weighted by molar-refractivity contribution is 9.10. The number of aromatic amines is 1. The lowest BCUT2D eigenvalue weighted by Crippen LogP contribution is -1.92. The highest BCUT2D eigenvalue weighted by Crippen LogP contribution is 2.22. The molecule has 2 N–H and O–H groups in total. The summed E-state index contributed by atoms with van der Waals surface area (Å²) in [6.45, 7) is 2.14. The van der Waals surface area contributed by atoms with E-state index in [9.17, 15) is 0 Å². The average Bonchev–Trinajstić information content (AvgIpc) is 2.65. The highest BCUT2D eigenvalue weighted by Gasteiger charge is 2.01. The second-order valence-electron chi connectivity index (χ2n) is 3.36. The van der Waals surface area contributed by atoms with Gasteiger partial charge >= 0.3 is 0 Å². The second-order valence-corrected chi connectivity index (χ2v) is 4.27. The van der Waals surface area contributed by atoms with Crippen molar-refractivity contribution in [2.75, 3.05) is 5.32 Å². The molecule has 1 aromatic heterocycles. The van der Waals surface area contributed by atoms with Crippen LogP contribution < -0.4 is 5.32 Å². The van der Waals surface area contributed by atoms with Crippen LogP contribution >= 0.6 is 15.9 Å². The third-order valence-electron chi connectivity index (χ3n) is 2.29. The van der Waals surface area contributed by atoms with Crippen LogP contribution in [0, 0.1) is 0 Å². The van der Waals surface area contributed by atoms with Gasteiger partial charge in [0.2, 0.25) is 0 Å². The van der Waals surface area contributed by atoms with Crippen LogP contribution in [0.15, 0.2) is 41.0 Å². The number of anilines is 2. The number of H-pyrrole nitrogens is 1. The first-order valence-corrected chi connectivity index (χ1v) is 5.77. The Bertz CT molecular complexity index is 448. The molecule has 1 aromatic carbocycles. The molecular weight excluding hydrogens is 252 g/mol. The van der Waals surface area contributed by atoms with Gasteiger partial charge in [0.25, 0.3) is 0 Å². The number of hydrogen-bond donors (Lipinski definition) is 2. The van der Waals surface area contributed by atoms with Crippen molar-refractivity contribution in [3.63, 3.8) is 0 Å². The van der Waals surface area contributed by atoms with Crippen LogP contribution in [-0.4, -0.2) is 4.98 Å². The highest BCUT2D eigenvalue weighted by atomic mass is 79.9. The van der Waals surface area contributed by atoms with Crippen molar-refractivity contribution in [2.24, 2.45) is 0 Å². The van der Waals surface area contributed by atoms with E-state index in [2.05, 4.69) is 51.4 Å². The van der Waals surface area contributed by atoms with Gasteiger partial charge in [-0.2, -0.15) is 0 Å². The van der Waals surface area contributed by atoms with Crippen LogP contribution in [0.1, 0.15) is 12.6 Å². The van der Waals surface area contributed by atoms with Crippen LogP contribution in [0.4, 0.5) is 11.4 Å². The van der Waals surface area contributed by atoms with Crippen molar-refractivity contribution in [1.29, 1.82) is 0 Å². The summed E-state index contributed by atoms with van der Waals surface area (Å²) in [6, 6.07) is 10.2. The number of hydrogen-bond acceptors (Lipinski definition) is 1. The Morgan fingerprint density at radius 3 is 2.93 bits per heavy atom. The monoisotopic (exact) mass is 264 g/mol. The average molecular weight is 265 g/mol. The number of rotatable bonds is 3. The smallest absolute Gasteiger partial charge is 0.0594 e. The molecular formula is C12H13BrN2. The maximum absolute atomic E-state index is 3.45. The summed E-state index contributed by atoms with van der Waals surface area (Å²) in [7, 11) is 0. The van der Waals surface area contributed by atoms with Gasteiger partial charge in [0.15, 0.2) is 0 Å². The number of nitrogens with one attached hydrogen (secondary N) is 2. The minimum atomic E-state index is 1.00. The van der Waals surface area contributed by atoms with Crippen molar-refractivity contribution in [3.8, 4) is 0 Å². The van der Waals surface area contributed by atoms with Crippen LogP contribution in [-0.2, 0) is 6.42 Å². The van der Waals surface area contributed by atoms with E-state index in [0.717, 1.165) is 22.3 Å². The quantitative estimate of drug-likeness (QED) is 0.859. The van der Waals surface area contributed by atoms with Gasteiger partial charge in [-0.15, -0.1) is 0 Å². The molecule has 0 saturated heterocycles. The molecule has 0 amide bonds. The standard InChI is InChI=1S/C12H13BrN2/c1-2-11-12(6-7-14-11)15-10-5-3-4-9(13)8-10/h3-8,14-15H,2H2,1H3. The second kappa shape index (κ2) is 4.53. The summed E-state index contributed by atoms with van der Waals surface area (Å²) in [5.74, 6) is 0. The Morgan fingerprint density at radius 1 is 1.33 bits per heavy atom. The lowest BCUT2D eigenvalue weighted by molar-refractivity contribution is 1.06. The van der Waals surface area contributed by atoms with Crippen molar-refractivity contribution in [2.45, 2.75) is 13.3 Å². The number of benzene rings is 1. The van der Waals surface area contributed by atoms with Gasteiger partial charge in [0.1, 0.15) is 0 Å². The number of aromatic nitrogens is 1. The molecule has 0 bridgehead atoms. The molecule has 0 spiro atoms. The van der Waals surface area contributed by atoms with Crippen LogP contribution in [0.5, 0.6) is 0 Å². The van der Waals surface area contributed by atoms with E-state index < -0.39 is 0 Å². The minimum Gasteiger partial charge on any atom is -0.363 e. The molecule has 0 unspecified atom stereocenters. The maximum Gasteiger partial charge on any atom is 0.0594 e. The topological polar surface area (TPSA) is 27.8 Å². The molecule has 78 valence electrons. The largest absolute Gasteiger partial charge is 0.363 e. The van der Waals surface area contributed by atoms with Gasteiger partial charge in [0.05, 0.1) is 5.69 Å². The van der Waals surface area contributed by atoms with Crippen molar-refractivity contribution >= 4 is 27.3 Å². The third-order valence-corrected chi connectivity index (χ3v) is 2.78. The first kappa shape index (κ1) is 10.3. The maximum atomic E-state index is 3.45. The summed E-state index contributed by atoms with van der Waals surface area (Å²) in [6.07, 6.45) is 2.96. The summed E-state index contributed by atoms with van der Waals surface area (Å²) in [4.78, 5) is 3.22. The van der Waals surface area contributed by atoms with Crippen LogP contribution in [0.3, 0.4) is 0 Å². The molecule has 0 fully saturated rings. The fourth-order valence-electron chi connectivity index (χ4n) is 1.54. The summed E-state index contributed by atoms with van der Waals surface area (Å²) in [5, 5.41) is 3.38. The van der Waals surface area contributed by atoms with Gasteiger partial charge in [-0.05, 0) is 30.7 Å². The van der Waals surface area contributed by atoms with E-state index in [1.807, 2.05) is 18.3 Å². The molecule has 0 aliphatic carbocycles. The lowest BCUT2D eigenvalue weighted by atomic mass is 10.2. The molecule has 2 rings (SSSR count). The van der Waals surface area contributed by atoms with Gasteiger partial charge in [-0.3, -0.25) is 0 Å². The first-order valence-electron chi connectivity index (χ1n) is 4.98. The molecule has 1 heterocycles. The fraction of sp³-hybridized carbons (Fsp3) is 0.167. The zero-order valence-corrected chi connectivity index (χ0v) is 10.1. The molecule has 0 atom stereocenters. The number of aryl methyl sites for hydroxylation is 1. The molecule has 2 aromatic rings. The fourth-order valence-corrected chi connectivity index (χ4v) is 1.93. The Morgan fingerprint density at radius 2 is 2.20 bits per heavy atom. The Labute approximate surface area is 97.8 Å². The van der Waals surface area contributed by atoms with Crippen molar-refractivity contribution < 1.29 is 0 Å². The van der Waals surface area contributed by atoms with E-state index in [0.29, 0.717) is 0 Å². The van der Waals surface area contributed by atoms with Crippen molar-refractivity contribution in [3.05, 3.63) is 46.7 Å². The molecule has 0 radical (unpaired) electrons. The minimum absolute atomic E-state index is 1.00. The van der Waals surface area contributed by atoms with Crippen LogP contribution in [0.25, 0.3) is 0 Å². The molecule has 15 heavy (non-hydrogen) atoms. The molecule has 3 heteroatoms. The van der Waals surface area contributed by atoms with E-state index in [-0.39, 0.29) is 0 Å². The Hall–Kier alpha value is -1.22. The zero-order chi connectivity index (χ0) is 10.7. The van der Waals surface area contributed by atoms with E-state index >= 15 is 0 Å². The van der Waals surface area contributed by atoms with E-state index in [1.165, 1.54) is 5.69 Å². The Kier molecular flexibility index (Phi) is 3.11.